The predicted octanol–water partition coefficient (Wildman–Crippen LogP) is 3.55. The van der Waals surface area contributed by atoms with Crippen LogP contribution >= 0.6 is 11.6 Å². The average Bonchev–Trinajstić information content (AvgIpc) is 2.78. The standard InChI is InChI=1S/C16H20ClNO2S/c1-21(19,20)12-7-8-16-14(11-12)13-5-2-3-6-15(13)18(16)10-4-9-17/h7-8,11H,2-6,9-10H2,1H3. The van der Waals surface area contributed by atoms with Crippen molar-refractivity contribution in [3.05, 3.63) is 29.5 Å². The number of benzene rings is 1. The fourth-order valence-corrected chi connectivity index (χ4v) is 4.09. The molecule has 2 aromatic rings. The van der Waals surface area contributed by atoms with E-state index in [1.165, 1.54) is 30.4 Å². The number of aryl methyl sites for hydroxylation is 2. The van der Waals surface area contributed by atoms with Gasteiger partial charge in [0, 0.05) is 35.3 Å². The summed E-state index contributed by atoms with van der Waals surface area (Å²) in [5, 5.41) is 1.11. The first-order valence-electron chi connectivity index (χ1n) is 7.42. The number of nitrogens with zero attached hydrogens (tertiary/aromatic N) is 1. The largest absolute Gasteiger partial charge is 0.344 e. The molecule has 0 atom stereocenters. The van der Waals surface area contributed by atoms with Gasteiger partial charge in [0.05, 0.1) is 4.90 Å². The summed E-state index contributed by atoms with van der Waals surface area (Å²) in [6.45, 7) is 0.910. The molecule has 0 spiro atoms. The molecule has 0 fully saturated rings. The van der Waals surface area contributed by atoms with Gasteiger partial charge in [0.1, 0.15) is 0 Å². The fraction of sp³-hybridized carbons (Fsp3) is 0.500. The summed E-state index contributed by atoms with van der Waals surface area (Å²) < 4.78 is 25.9. The number of aromatic nitrogens is 1. The van der Waals surface area contributed by atoms with E-state index in [2.05, 4.69) is 4.57 Å². The highest BCUT2D eigenvalue weighted by molar-refractivity contribution is 7.90. The topological polar surface area (TPSA) is 39.1 Å². The zero-order valence-corrected chi connectivity index (χ0v) is 13.8. The van der Waals surface area contributed by atoms with Crippen molar-refractivity contribution in [1.29, 1.82) is 0 Å². The van der Waals surface area contributed by atoms with E-state index in [-0.39, 0.29) is 0 Å². The number of hydrogen-bond donors (Lipinski definition) is 0. The molecule has 0 N–H and O–H groups in total. The Bertz CT molecular complexity index is 777. The van der Waals surface area contributed by atoms with Gasteiger partial charge in [-0.05, 0) is 55.9 Å². The van der Waals surface area contributed by atoms with Crippen LogP contribution in [-0.2, 0) is 29.2 Å². The first-order chi connectivity index (χ1) is 10.0. The highest BCUT2D eigenvalue weighted by atomic mass is 35.5. The van der Waals surface area contributed by atoms with E-state index in [1.807, 2.05) is 12.1 Å². The number of fused-ring (bicyclic) bond motifs is 3. The van der Waals surface area contributed by atoms with Gasteiger partial charge in [0.25, 0.3) is 0 Å². The second-order valence-corrected chi connectivity index (χ2v) is 8.17. The minimum Gasteiger partial charge on any atom is -0.344 e. The Labute approximate surface area is 130 Å². The zero-order chi connectivity index (χ0) is 15.0. The molecule has 0 radical (unpaired) electrons. The summed E-state index contributed by atoms with van der Waals surface area (Å²) in [7, 11) is -3.16. The van der Waals surface area contributed by atoms with Crippen molar-refractivity contribution in [2.75, 3.05) is 12.1 Å². The zero-order valence-electron chi connectivity index (χ0n) is 12.2. The van der Waals surface area contributed by atoms with Gasteiger partial charge < -0.3 is 4.57 Å². The molecule has 1 aliphatic carbocycles. The van der Waals surface area contributed by atoms with Gasteiger partial charge in [-0.3, -0.25) is 0 Å². The molecule has 0 saturated carbocycles. The summed E-state index contributed by atoms with van der Waals surface area (Å²) in [4.78, 5) is 0.415. The van der Waals surface area contributed by atoms with Crippen LogP contribution in [0.4, 0.5) is 0 Å². The fourth-order valence-electron chi connectivity index (χ4n) is 3.32. The maximum absolute atomic E-state index is 11.8. The third-order valence-electron chi connectivity index (χ3n) is 4.29. The molecule has 0 unspecified atom stereocenters. The Morgan fingerprint density at radius 2 is 2.00 bits per heavy atom. The Morgan fingerprint density at radius 3 is 2.71 bits per heavy atom. The van der Waals surface area contributed by atoms with Crippen molar-refractivity contribution in [1.82, 2.24) is 4.57 Å². The van der Waals surface area contributed by atoms with Crippen LogP contribution in [0.1, 0.15) is 30.5 Å². The van der Waals surface area contributed by atoms with Gasteiger partial charge in [-0.1, -0.05) is 0 Å². The van der Waals surface area contributed by atoms with Crippen molar-refractivity contribution in [3.63, 3.8) is 0 Å². The van der Waals surface area contributed by atoms with Gasteiger partial charge in [0.15, 0.2) is 9.84 Å². The molecular weight excluding hydrogens is 306 g/mol. The van der Waals surface area contributed by atoms with Crippen LogP contribution in [0.3, 0.4) is 0 Å². The Kier molecular flexibility index (Phi) is 4.02. The van der Waals surface area contributed by atoms with Crippen molar-refractivity contribution in [2.45, 2.75) is 43.5 Å². The summed E-state index contributed by atoms with van der Waals surface area (Å²) in [6, 6.07) is 5.53. The molecule has 21 heavy (non-hydrogen) atoms. The minimum absolute atomic E-state index is 0.415. The quantitative estimate of drug-likeness (QED) is 0.806. The lowest BCUT2D eigenvalue weighted by Gasteiger charge is -2.15. The third-order valence-corrected chi connectivity index (χ3v) is 5.67. The van der Waals surface area contributed by atoms with Gasteiger partial charge in [-0.15, -0.1) is 11.6 Å². The highest BCUT2D eigenvalue weighted by Gasteiger charge is 2.21. The molecule has 0 saturated heterocycles. The van der Waals surface area contributed by atoms with Crippen molar-refractivity contribution < 1.29 is 8.42 Å². The van der Waals surface area contributed by atoms with Crippen LogP contribution in [0.25, 0.3) is 10.9 Å². The lowest BCUT2D eigenvalue weighted by Crippen LogP contribution is -2.08. The molecular formula is C16H20ClNO2S. The number of alkyl halides is 1. The van der Waals surface area contributed by atoms with Gasteiger partial charge in [-0.25, -0.2) is 8.42 Å². The Morgan fingerprint density at radius 1 is 1.24 bits per heavy atom. The van der Waals surface area contributed by atoms with Crippen LogP contribution in [0.2, 0.25) is 0 Å². The maximum atomic E-state index is 11.8. The number of halogens is 1. The summed E-state index contributed by atoms with van der Waals surface area (Å²) >= 11 is 5.85. The highest BCUT2D eigenvalue weighted by Crippen LogP contribution is 2.33. The van der Waals surface area contributed by atoms with Gasteiger partial charge in [0.2, 0.25) is 0 Å². The van der Waals surface area contributed by atoms with Gasteiger partial charge >= 0.3 is 0 Å². The maximum Gasteiger partial charge on any atom is 0.175 e. The molecule has 0 amide bonds. The predicted molar refractivity (Wildman–Crippen MR) is 87.0 cm³/mol. The normalized spacial score (nSPS) is 15.3. The molecule has 0 aliphatic heterocycles. The Hall–Kier alpha value is -1.00. The van der Waals surface area contributed by atoms with Crippen LogP contribution in [-0.4, -0.2) is 25.1 Å². The van der Waals surface area contributed by atoms with E-state index >= 15 is 0 Å². The third kappa shape index (κ3) is 2.71. The molecule has 3 rings (SSSR count). The van der Waals surface area contributed by atoms with Crippen LogP contribution in [0.15, 0.2) is 23.1 Å². The van der Waals surface area contributed by atoms with E-state index in [4.69, 9.17) is 11.6 Å². The average molecular weight is 326 g/mol. The van der Waals surface area contributed by atoms with Gasteiger partial charge in [-0.2, -0.15) is 0 Å². The van der Waals surface area contributed by atoms with E-state index in [1.54, 1.807) is 6.07 Å². The van der Waals surface area contributed by atoms with E-state index < -0.39 is 9.84 Å². The van der Waals surface area contributed by atoms with E-state index in [9.17, 15) is 8.42 Å². The molecule has 5 heteroatoms. The lowest BCUT2D eigenvalue weighted by molar-refractivity contribution is 0.602. The Balaban J connectivity index is 2.22. The first kappa shape index (κ1) is 14.9. The van der Waals surface area contributed by atoms with Crippen molar-refractivity contribution in [2.24, 2.45) is 0 Å². The summed E-state index contributed by atoms with van der Waals surface area (Å²) in [5.74, 6) is 0.649. The van der Waals surface area contributed by atoms with Crippen molar-refractivity contribution in [3.8, 4) is 0 Å². The molecule has 1 aromatic heterocycles. The minimum atomic E-state index is -3.16. The molecule has 1 aromatic carbocycles. The smallest absolute Gasteiger partial charge is 0.175 e. The monoisotopic (exact) mass is 325 g/mol. The molecule has 1 aliphatic rings. The number of sulfone groups is 1. The number of hydrogen-bond acceptors (Lipinski definition) is 2. The van der Waals surface area contributed by atoms with E-state index in [0.29, 0.717) is 10.8 Å². The lowest BCUT2D eigenvalue weighted by atomic mass is 9.95. The van der Waals surface area contributed by atoms with E-state index in [0.717, 1.165) is 36.7 Å². The second kappa shape index (κ2) is 5.65. The second-order valence-electron chi connectivity index (χ2n) is 5.78. The number of rotatable bonds is 4. The molecule has 114 valence electrons. The SMILES string of the molecule is CS(=O)(=O)c1ccc2c(c1)c1c(n2CCCCl)CCCC1. The summed E-state index contributed by atoms with van der Waals surface area (Å²) in [5.41, 5.74) is 3.88. The summed E-state index contributed by atoms with van der Waals surface area (Å²) in [6.07, 6.45) is 6.73. The van der Waals surface area contributed by atoms with Crippen LogP contribution < -0.4 is 0 Å². The van der Waals surface area contributed by atoms with Crippen LogP contribution in [0, 0.1) is 0 Å². The molecule has 0 bridgehead atoms. The van der Waals surface area contributed by atoms with Crippen LogP contribution in [0.5, 0.6) is 0 Å². The molecule has 3 nitrogen and oxygen atoms in total. The molecule has 1 heterocycles. The first-order valence-corrected chi connectivity index (χ1v) is 9.85. The van der Waals surface area contributed by atoms with Crippen molar-refractivity contribution >= 4 is 32.3 Å².